The first-order valence-electron chi connectivity index (χ1n) is 8.12. The van der Waals surface area contributed by atoms with E-state index in [1.165, 1.54) is 18.2 Å². The zero-order valence-corrected chi connectivity index (χ0v) is 17.2. The topological polar surface area (TPSA) is 46.2 Å². The van der Waals surface area contributed by atoms with Crippen molar-refractivity contribution in [1.82, 2.24) is 0 Å². The third kappa shape index (κ3) is 3.06. The SMILES string of the molecule is Cc1ccc(-c2c(N)sc(-c3c(F)ccc4ccc(F)cc34)c2O)cc1I. The van der Waals surface area contributed by atoms with Crippen LogP contribution in [-0.2, 0) is 0 Å². The molecular weight excluding hydrogens is 479 g/mol. The molecule has 0 unspecified atom stereocenters. The van der Waals surface area contributed by atoms with Crippen LogP contribution >= 0.6 is 33.9 Å². The fourth-order valence-corrected chi connectivity index (χ4v) is 4.69. The number of fused-ring (bicyclic) bond motifs is 1. The predicted molar refractivity (Wildman–Crippen MR) is 116 cm³/mol. The van der Waals surface area contributed by atoms with E-state index in [0.717, 1.165) is 26.0 Å². The number of thiophene rings is 1. The van der Waals surface area contributed by atoms with Crippen LogP contribution in [0.2, 0.25) is 0 Å². The van der Waals surface area contributed by atoms with E-state index in [1.807, 2.05) is 25.1 Å². The Balaban J connectivity index is 2.00. The molecule has 4 rings (SSSR count). The second kappa shape index (κ2) is 6.76. The van der Waals surface area contributed by atoms with Crippen LogP contribution in [0.4, 0.5) is 13.8 Å². The number of rotatable bonds is 2. The van der Waals surface area contributed by atoms with Crippen LogP contribution in [0.15, 0.2) is 48.5 Å². The number of nitrogens with two attached hydrogens (primary N) is 1. The van der Waals surface area contributed by atoms with Crippen molar-refractivity contribution in [2.24, 2.45) is 0 Å². The average Bonchev–Trinajstić information content (AvgIpc) is 2.91. The number of hydrogen-bond donors (Lipinski definition) is 2. The summed E-state index contributed by atoms with van der Waals surface area (Å²) in [5.74, 6) is -1.09. The molecule has 4 aromatic rings. The van der Waals surface area contributed by atoms with Crippen molar-refractivity contribution in [1.29, 1.82) is 0 Å². The van der Waals surface area contributed by atoms with Crippen LogP contribution in [0, 0.1) is 22.1 Å². The van der Waals surface area contributed by atoms with Gasteiger partial charge in [0.25, 0.3) is 0 Å². The largest absolute Gasteiger partial charge is 0.506 e. The molecule has 3 aromatic carbocycles. The van der Waals surface area contributed by atoms with Gasteiger partial charge < -0.3 is 10.8 Å². The Hall–Kier alpha value is -2.19. The molecule has 27 heavy (non-hydrogen) atoms. The molecule has 136 valence electrons. The molecule has 0 aliphatic heterocycles. The lowest BCUT2D eigenvalue weighted by atomic mass is 9.99. The van der Waals surface area contributed by atoms with Gasteiger partial charge in [-0.2, -0.15) is 0 Å². The molecular formula is C21H14F2INOS. The van der Waals surface area contributed by atoms with Crippen molar-refractivity contribution in [2.45, 2.75) is 6.92 Å². The summed E-state index contributed by atoms with van der Waals surface area (Å²) >= 11 is 3.31. The Kier molecular flexibility index (Phi) is 4.55. The smallest absolute Gasteiger partial charge is 0.144 e. The van der Waals surface area contributed by atoms with Crippen molar-refractivity contribution in [2.75, 3.05) is 5.73 Å². The molecule has 3 N–H and O–H groups in total. The van der Waals surface area contributed by atoms with Crippen LogP contribution in [0.3, 0.4) is 0 Å². The highest BCUT2D eigenvalue weighted by atomic mass is 127. The molecule has 0 atom stereocenters. The van der Waals surface area contributed by atoms with Gasteiger partial charge in [-0.3, -0.25) is 0 Å². The van der Waals surface area contributed by atoms with E-state index in [-0.39, 0.29) is 11.3 Å². The third-order valence-corrected chi connectivity index (χ3v) is 6.72. The van der Waals surface area contributed by atoms with Crippen LogP contribution in [0.5, 0.6) is 5.75 Å². The molecule has 6 heteroatoms. The maximum atomic E-state index is 14.7. The molecule has 0 spiro atoms. The Bertz CT molecular complexity index is 1200. The van der Waals surface area contributed by atoms with Gasteiger partial charge >= 0.3 is 0 Å². The Morgan fingerprint density at radius 3 is 2.48 bits per heavy atom. The summed E-state index contributed by atoms with van der Waals surface area (Å²) in [4.78, 5) is 0.298. The Morgan fingerprint density at radius 1 is 1.00 bits per heavy atom. The van der Waals surface area contributed by atoms with Gasteiger partial charge in [0.2, 0.25) is 0 Å². The quantitative estimate of drug-likeness (QED) is 0.305. The van der Waals surface area contributed by atoms with Crippen molar-refractivity contribution in [3.05, 3.63) is 69.3 Å². The van der Waals surface area contributed by atoms with E-state index in [0.29, 0.717) is 26.2 Å². The molecule has 0 amide bonds. The van der Waals surface area contributed by atoms with Crippen molar-refractivity contribution in [3.63, 3.8) is 0 Å². The highest BCUT2D eigenvalue weighted by Gasteiger charge is 2.23. The molecule has 1 heterocycles. The first-order chi connectivity index (χ1) is 12.9. The van der Waals surface area contributed by atoms with Crippen LogP contribution < -0.4 is 5.73 Å². The van der Waals surface area contributed by atoms with E-state index in [2.05, 4.69) is 22.6 Å². The summed E-state index contributed by atoms with van der Waals surface area (Å²) < 4.78 is 29.5. The molecule has 0 aliphatic carbocycles. The van der Waals surface area contributed by atoms with Crippen LogP contribution in [-0.4, -0.2) is 5.11 Å². The van der Waals surface area contributed by atoms with Gasteiger partial charge in [0.05, 0.1) is 15.4 Å². The van der Waals surface area contributed by atoms with Gasteiger partial charge in [0, 0.05) is 9.13 Å². The maximum Gasteiger partial charge on any atom is 0.144 e. The maximum absolute atomic E-state index is 14.7. The molecule has 2 nitrogen and oxygen atoms in total. The molecule has 0 bridgehead atoms. The number of halogens is 3. The summed E-state index contributed by atoms with van der Waals surface area (Å²) in [7, 11) is 0. The highest BCUT2D eigenvalue weighted by Crippen LogP contribution is 2.51. The van der Waals surface area contributed by atoms with Gasteiger partial charge in [-0.1, -0.05) is 24.3 Å². The third-order valence-electron chi connectivity index (χ3n) is 4.53. The number of anilines is 1. The number of hydrogen-bond acceptors (Lipinski definition) is 3. The van der Waals surface area contributed by atoms with Gasteiger partial charge in [0.1, 0.15) is 17.4 Å². The first kappa shape index (κ1) is 18.2. The van der Waals surface area contributed by atoms with E-state index in [1.54, 1.807) is 12.1 Å². The molecule has 1 aromatic heterocycles. The number of aryl methyl sites for hydroxylation is 1. The standard InChI is InChI=1S/C21H14F2INOS/c1-10-2-3-12(8-16(10)24)17-19(26)20(27-21(17)25)18-14-9-13(22)6-4-11(14)5-7-15(18)23/h2-9,26H,25H2,1H3. The summed E-state index contributed by atoms with van der Waals surface area (Å²) in [5, 5.41) is 12.4. The second-order valence-corrected chi connectivity index (χ2v) is 8.49. The lowest BCUT2D eigenvalue weighted by Gasteiger charge is -2.08. The van der Waals surface area contributed by atoms with Gasteiger partial charge in [-0.25, -0.2) is 8.78 Å². The van der Waals surface area contributed by atoms with E-state index < -0.39 is 11.6 Å². The van der Waals surface area contributed by atoms with Crippen molar-refractivity contribution < 1.29 is 13.9 Å². The fourth-order valence-electron chi connectivity index (χ4n) is 3.13. The number of benzene rings is 3. The summed E-state index contributed by atoms with van der Waals surface area (Å²) in [6, 6.07) is 12.8. The number of aromatic hydroxyl groups is 1. The fraction of sp³-hybridized carbons (Fsp3) is 0.0476. The van der Waals surface area contributed by atoms with E-state index >= 15 is 0 Å². The monoisotopic (exact) mass is 493 g/mol. The van der Waals surface area contributed by atoms with Crippen molar-refractivity contribution in [3.8, 4) is 27.3 Å². The molecule has 0 fully saturated rings. The molecule has 0 saturated heterocycles. The Labute approximate surface area is 172 Å². The zero-order chi connectivity index (χ0) is 19.3. The van der Waals surface area contributed by atoms with Crippen LogP contribution in [0.1, 0.15) is 5.56 Å². The lowest BCUT2D eigenvalue weighted by Crippen LogP contribution is -1.88. The van der Waals surface area contributed by atoms with E-state index in [4.69, 9.17) is 5.73 Å². The van der Waals surface area contributed by atoms with Gasteiger partial charge in [0.15, 0.2) is 0 Å². The van der Waals surface area contributed by atoms with E-state index in [9.17, 15) is 13.9 Å². The Morgan fingerprint density at radius 2 is 1.74 bits per heavy atom. The summed E-state index contributed by atoms with van der Waals surface area (Å²) in [6.07, 6.45) is 0. The average molecular weight is 493 g/mol. The van der Waals surface area contributed by atoms with Gasteiger partial charge in [-0.15, -0.1) is 11.3 Å². The summed E-state index contributed by atoms with van der Waals surface area (Å²) in [6.45, 7) is 1.99. The predicted octanol–water partition coefficient (Wildman–Crippen LogP) is 6.71. The first-order valence-corrected chi connectivity index (χ1v) is 10.0. The molecule has 0 aliphatic rings. The number of nitrogen functional groups attached to an aromatic ring is 1. The van der Waals surface area contributed by atoms with Crippen LogP contribution in [0.25, 0.3) is 32.3 Å². The minimum absolute atomic E-state index is 0.0900. The lowest BCUT2D eigenvalue weighted by molar-refractivity contribution is 0.481. The highest BCUT2D eigenvalue weighted by molar-refractivity contribution is 14.1. The van der Waals surface area contributed by atoms with Crippen molar-refractivity contribution >= 4 is 49.7 Å². The summed E-state index contributed by atoms with van der Waals surface area (Å²) in [5.41, 5.74) is 8.69. The minimum atomic E-state index is -0.533. The second-order valence-electron chi connectivity index (χ2n) is 6.27. The normalized spacial score (nSPS) is 11.3. The molecule has 0 radical (unpaired) electrons. The van der Waals surface area contributed by atoms with Gasteiger partial charge in [-0.05, 0) is 75.7 Å². The minimum Gasteiger partial charge on any atom is -0.506 e. The molecule has 0 saturated carbocycles. The zero-order valence-electron chi connectivity index (χ0n) is 14.2.